The lowest BCUT2D eigenvalue weighted by Crippen LogP contribution is -2.45. The van der Waals surface area contributed by atoms with Crippen LogP contribution in [0.15, 0.2) is 30.3 Å². The number of benzene rings is 1. The Morgan fingerprint density at radius 3 is 2.55 bits per heavy atom. The van der Waals surface area contributed by atoms with Crippen LogP contribution in [0, 0.1) is 0 Å². The van der Waals surface area contributed by atoms with Crippen molar-refractivity contribution in [2.45, 2.75) is 57.7 Å². The van der Waals surface area contributed by atoms with E-state index in [0.717, 1.165) is 42.0 Å². The van der Waals surface area contributed by atoms with E-state index in [-0.39, 0.29) is 18.2 Å². The van der Waals surface area contributed by atoms with Crippen LogP contribution in [0.1, 0.15) is 50.9 Å². The van der Waals surface area contributed by atoms with Gasteiger partial charge in [0.1, 0.15) is 11.4 Å². The van der Waals surface area contributed by atoms with Crippen molar-refractivity contribution in [1.82, 2.24) is 14.9 Å². The predicted octanol–water partition coefficient (Wildman–Crippen LogP) is 4.28. The standard InChI is InChI=1S/C22H29N5O2/c1-22(2,3)29-21(28)27-15-11-12-17(27)18-16(13-15)24-20(26(4)5)25-19(18)23-14-9-7-6-8-10-14/h6-10,15,17H,11-13H2,1-5H3,(H,23,24,25)/t15-,17-/m0/s1. The van der Waals surface area contributed by atoms with Gasteiger partial charge in [0.25, 0.3) is 0 Å². The second-order valence-electron chi connectivity index (χ2n) is 8.96. The van der Waals surface area contributed by atoms with Crippen molar-refractivity contribution in [3.05, 3.63) is 41.6 Å². The zero-order chi connectivity index (χ0) is 20.8. The van der Waals surface area contributed by atoms with E-state index < -0.39 is 5.60 Å². The summed E-state index contributed by atoms with van der Waals surface area (Å²) in [5.74, 6) is 1.44. The Kier molecular flexibility index (Phi) is 4.84. The second kappa shape index (κ2) is 7.21. The number of aromatic nitrogens is 2. The molecule has 0 spiro atoms. The van der Waals surface area contributed by atoms with Gasteiger partial charge >= 0.3 is 6.09 Å². The number of rotatable bonds is 3. The highest BCUT2D eigenvalue weighted by Crippen LogP contribution is 2.47. The van der Waals surface area contributed by atoms with Crippen LogP contribution >= 0.6 is 0 Å². The molecule has 1 saturated heterocycles. The lowest BCUT2D eigenvalue weighted by molar-refractivity contribution is 0.0123. The summed E-state index contributed by atoms with van der Waals surface area (Å²) >= 11 is 0. The third-order valence-electron chi connectivity index (χ3n) is 5.32. The van der Waals surface area contributed by atoms with E-state index in [4.69, 9.17) is 14.7 Å². The van der Waals surface area contributed by atoms with E-state index in [1.165, 1.54) is 0 Å². The van der Waals surface area contributed by atoms with Crippen molar-refractivity contribution < 1.29 is 9.53 Å². The van der Waals surface area contributed by atoms with Crippen LogP contribution in [0.5, 0.6) is 0 Å². The fourth-order valence-corrected chi connectivity index (χ4v) is 4.14. The number of anilines is 3. The van der Waals surface area contributed by atoms with Crippen LogP contribution in [-0.2, 0) is 11.2 Å². The molecule has 1 amide bonds. The molecular formula is C22H29N5O2. The second-order valence-corrected chi connectivity index (χ2v) is 8.96. The predicted molar refractivity (Wildman–Crippen MR) is 114 cm³/mol. The number of amides is 1. The Morgan fingerprint density at radius 2 is 1.90 bits per heavy atom. The summed E-state index contributed by atoms with van der Waals surface area (Å²) in [5, 5.41) is 3.46. The molecule has 1 fully saturated rings. The van der Waals surface area contributed by atoms with Crippen molar-refractivity contribution in [3.63, 3.8) is 0 Å². The van der Waals surface area contributed by atoms with Crippen LogP contribution in [0.3, 0.4) is 0 Å². The number of nitrogens with zero attached hydrogens (tertiary/aromatic N) is 4. The van der Waals surface area contributed by atoms with Gasteiger partial charge in [-0.2, -0.15) is 4.98 Å². The Morgan fingerprint density at radius 1 is 1.17 bits per heavy atom. The number of para-hydroxylation sites is 1. The van der Waals surface area contributed by atoms with E-state index in [2.05, 4.69) is 5.32 Å². The number of nitrogens with one attached hydrogen (secondary N) is 1. The molecule has 2 aliphatic rings. The van der Waals surface area contributed by atoms with Gasteiger partial charge in [-0.25, -0.2) is 9.78 Å². The average molecular weight is 396 g/mol. The van der Waals surface area contributed by atoms with E-state index in [1.807, 2.05) is 75.0 Å². The quantitative estimate of drug-likeness (QED) is 0.836. The van der Waals surface area contributed by atoms with E-state index >= 15 is 0 Å². The summed E-state index contributed by atoms with van der Waals surface area (Å²) < 4.78 is 5.71. The van der Waals surface area contributed by atoms with Crippen LogP contribution in [-0.4, -0.2) is 46.7 Å². The summed E-state index contributed by atoms with van der Waals surface area (Å²) in [4.78, 5) is 26.4. The maximum Gasteiger partial charge on any atom is 0.411 e. The molecule has 7 heteroatoms. The molecule has 1 N–H and O–H groups in total. The lowest BCUT2D eigenvalue weighted by atomic mass is 9.98. The van der Waals surface area contributed by atoms with E-state index in [1.54, 1.807) is 0 Å². The maximum atomic E-state index is 13.0. The normalized spacial score (nSPS) is 20.2. The van der Waals surface area contributed by atoms with Crippen molar-refractivity contribution in [1.29, 1.82) is 0 Å². The first kappa shape index (κ1) is 19.5. The van der Waals surface area contributed by atoms with Crippen molar-refractivity contribution in [3.8, 4) is 0 Å². The van der Waals surface area contributed by atoms with Crippen molar-refractivity contribution in [2.24, 2.45) is 0 Å². The number of carbonyl (C=O) groups is 1. The first-order chi connectivity index (χ1) is 13.7. The molecule has 2 aromatic rings. The molecule has 2 bridgehead atoms. The number of carbonyl (C=O) groups excluding carboxylic acids is 1. The average Bonchev–Trinajstić information content (AvgIpc) is 2.95. The Hall–Kier alpha value is -2.83. The molecule has 7 nitrogen and oxygen atoms in total. The van der Waals surface area contributed by atoms with Gasteiger partial charge in [-0.3, -0.25) is 4.90 Å². The third kappa shape index (κ3) is 3.86. The molecule has 2 aliphatic heterocycles. The van der Waals surface area contributed by atoms with Gasteiger partial charge < -0.3 is 15.0 Å². The maximum absolute atomic E-state index is 13.0. The van der Waals surface area contributed by atoms with E-state index in [9.17, 15) is 4.79 Å². The lowest BCUT2D eigenvalue weighted by Gasteiger charge is -2.37. The molecule has 0 unspecified atom stereocenters. The molecule has 154 valence electrons. The first-order valence-electron chi connectivity index (χ1n) is 10.1. The molecule has 3 heterocycles. The van der Waals surface area contributed by atoms with Crippen molar-refractivity contribution in [2.75, 3.05) is 24.3 Å². The van der Waals surface area contributed by atoms with Gasteiger partial charge in [-0.15, -0.1) is 0 Å². The zero-order valence-corrected chi connectivity index (χ0v) is 17.8. The smallest absolute Gasteiger partial charge is 0.411 e. The van der Waals surface area contributed by atoms with Gasteiger partial charge in [0.15, 0.2) is 0 Å². The van der Waals surface area contributed by atoms with Crippen molar-refractivity contribution >= 4 is 23.5 Å². The summed E-state index contributed by atoms with van der Waals surface area (Å²) in [6.45, 7) is 5.71. The molecule has 2 atom stereocenters. The van der Waals surface area contributed by atoms with Crippen LogP contribution < -0.4 is 10.2 Å². The highest BCUT2D eigenvalue weighted by atomic mass is 16.6. The molecule has 0 aliphatic carbocycles. The molecule has 1 aromatic heterocycles. The Bertz CT molecular complexity index is 907. The van der Waals surface area contributed by atoms with Crippen LogP contribution in [0.2, 0.25) is 0 Å². The fraction of sp³-hybridized carbons (Fsp3) is 0.500. The summed E-state index contributed by atoms with van der Waals surface area (Å²) in [6, 6.07) is 10.0. The van der Waals surface area contributed by atoms with E-state index in [0.29, 0.717) is 5.95 Å². The van der Waals surface area contributed by atoms with Crippen LogP contribution in [0.4, 0.5) is 22.2 Å². The van der Waals surface area contributed by atoms with Gasteiger partial charge in [0.2, 0.25) is 5.95 Å². The Balaban J connectivity index is 1.75. The molecule has 0 saturated carbocycles. The monoisotopic (exact) mass is 395 g/mol. The zero-order valence-electron chi connectivity index (χ0n) is 17.8. The third-order valence-corrected chi connectivity index (χ3v) is 5.32. The molecule has 29 heavy (non-hydrogen) atoms. The molecule has 0 radical (unpaired) electrons. The molecule has 1 aromatic carbocycles. The number of hydrogen-bond donors (Lipinski definition) is 1. The largest absolute Gasteiger partial charge is 0.444 e. The van der Waals surface area contributed by atoms with Gasteiger partial charge in [-0.05, 0) is 45.7 Å². The number of ether oxygens (including phenoxy) is 1. The summed E-state index contributed by atoms with van der Waals surface area (Å²) in [5.41, 5.74) is 2.48. The SMILES string of the molecule is CN(C)c1nc2c(c(Nc3ccccc3)n1)[C@@H]1CC[C@@H](C2)N1C(=O)OC(C)(C)C. The Labute approximate surface area is 172 Å². The fourth-order valence-electron chi connectivity index (χ4n) is 4.14. The van der Waals surface area contributed by atoms with Gasteiger partial charge in [-0.1, -0.05) is 18.2 Å². The minimum atomic E-state index is -0.521. The van der Waals surface area contributed by atoms with Gasteiger partial charge in [0.05, 0.1) is 11.7 Å². The highest BCUT2D eigenvalue weighted by Gasteiger charge is 2.46. The molecule has 4 rings (SSSR count). The number of hydrogen-bond acceptors (Lipinski definition) is 6. The summed E-state index contributed by atoms with van der Waals surface area (Å²) in [6.07, 6.45) is 2.31. The minimum absolute atomic E-state index is 0.0685. The minimum Gasteiger partial charge on any atom is -0.444 e. The topological polar surface area (TPSA) is 70.6 Å². The van der Waals surface area contributed by atoms with Crippen LogP contribution in [0.25, 0.3) is 0 Å². The van der Waals surface area contributed by atoms with Gasteiger partial charge in [0, 0.05) is 37.8 Å². The first-order valence-corrected chi connectivity index (χ1v) is 10.1. The molecular weight excluding hydrogens is 366 g/mol. The highest BCUT2D eigenvalue weighted by molar-refractivity contribution is 5.72. The number of fused-ring (bicyclic) bond motifs is 4. The summed E-state index contributed by atoms with van der Waals surface area (Å²) in [7, 11) is 3.89.